The minimum atomic E-state index is -0.956. The van der Waals surface area contributed by atoms with Crippen LogP contribution in [0.3, 0.4) is 0 Å². The summed E-state index contributed by atoms with van der Waals surface area (Å²) in [5, 5.41) is 8.71. The Balaban J connectivity index is 3.33. The van der Waals surface area contributed by atoms with E-state index in [9.17, 15) is 4.79 Å². The lowest BCUT2D eigenvalue weighted by Gasteiger charge is -2.04. The molecule has 0 aliphatic heterocycles. The molecule has 0 spiro atoms. The molecule has 0 atom stereocenters. The first-order valence-electron chi connectivity index (χ1n) is 3.34. The standard InChI is InChI=1S/C8H9NO2S/c1-4-2-6(9)7(12)3-5(4)8(10)11/h2-3,12H,9H2,1H3,(H,10,11). The predicted octanol–water partition coefficient (Wildman–Crippen LogP) is 1.56. The summed E-state index contributed by atoms with van der Waals surface area (Å²) < 4.78 is 0. The van der Waals surface area contributed by atoms with E-state index in [1.807, 2.05) is 0 Å². The largest absolute Gasteiger partial charge is 0.478 e. The highest BCUT2D eigenvalue weighted by Crippen LogP contribution is 2.21. The zero-order valence-electron chi connectivity index (χ0n) is 6.53. The van der Waals surface area contributed by atoms with Crippen LogP contribution in [0.2, 0.25) is 0 Å². The van der Waals surface area contributed by atoms with E-state index in [0.717, 1.165) is 0 Å². The molecule has 1 aromatic rings. The average Bonchev–Trinajstić information content (AvgIpc) is 1.96. The van der Waals surface area contributed by atoms with Crippen LogP contribution in [0, 0.1) is 6.92 Å². The molecule has 0 radical (unpaired) electrons. The molecule has 0 heterocycles. The first-order valence-corrected chi connectivity index (χ1v) is 3.79. The Labute approximate surface area is 75.6 Å². The third kappa shape index (κ3) is 1.53. The molecule has 0 bridgehead atoms. The van der Waals surface area contributed by atoms with E-state index in [-0.39, 0.29) is 5.56 Å². The maximum atomic E-state index is 10.6. The third-order valence-electron chi connectivity index (χ3n) is 1.60. The summed E-state index contributed by atoms with van der Waals surface area (Å²) in [7, 11) is 0. The van der Waals surface area contributed by atoms with Crippen LogP contribution in [0.1, 0.15) is 15.9 Å². The molecule has 1 rings (SSSR count). The Morgan fingerprint density at radius 3 is 2.67 bits per heavy atom. The molecule has 0 aliphatic carbocycles. The first-order chi connectivity index (χ1) is 5.52. The molecule has 12 heavy (non-hydrogen) atoms. The summed E-state index contributed by atoms with van der Waals surface area (Å²) in [5.74, 6) is -0.956. The number of thiol groups is 1. The number of benzene rings is 1. The number of rotatable bonds is 1. The number of hydrogen-bond donors (Lipinski definition) is 3. The minimum absolute atomic E-state index is 0.245. The molecule has 0 saturated carbocycles. The number of carbonyl (C=O) groups is 1. The molecular weight excluding hydrogens is 174 g/mol. The van der Waals surface area contributed by atoms with Gasteiger partial charge in [-0.05, 0) is 24.6 Å². The zero-order valence-corrected chi connectivity index (χ0v) is 7.43. The summed E-state index contributed by atoms with van der Waals surface area (Å²) in [4.78, 5) is 11.1. The summed E-state index contributed by atoms with van der Waals surface area (Å²) in [5.41, 5.74) is 6.92. The van der Waals surface area contributed by atoms with E-state index in [4.69, 9.17) is 10.8 Å². The van der Waals surface area contributed by atoms with Crippen LogP contribution in [-0.4, -0.2) is 11.1 Å². The molecule has 3 N–H and O–H groups in total. The van der Waals surface area contributed by atoms with Gasteiger partial charge in [-0.3, -0.25) is 0 Å². The second kappa shape index (κ2) is 3.06. The van der Waals surface area contributed by atoms with Gasteiger partial charge in [0.05, 0.1) is 5.56 Å². The number of aryl methyl sites for hydroxylation is 1. The Bertz CT molecular complexity index is 336. The quantitative estimate of drug-likeness (QED) is 0.457. The molecule has 3 nitrogen and oxygen atoms in total. The number of carboxylic acid groups (broad SMARTS) is 1. The molecule has 1 aromatic carbocycles. The number of carboxylic acids is 1. The van der Waals surface area contributed by atoms with Gasteiger partial charge < -0.3 is 10.8 Å². The summed E-state index contributed by atoms with van der Waals surface area (Å²) in [6.45, 7) is 1.70. The van der Waals surface area contributed by atoms with Crippen molar-refractivity contribution in [3.05, 3.63) is 23.3 Å². The molecular formula is C8H9NO2S. The Morgan fingerprint density at radius 1 is 1.58 bits per heavy atom. The van der Waals surface area contributed by atoms with E-state index in [0.29, 0.717) is 16.1 Å². The number of hydrogen-bond acceptors (Lipinski definition) is 3. The zero-order chi connectivity index (χ0) is 9.30. The normalized spacial score (nSPS) is 9.83. The Kier molecular flexibility index (Phi) is 2.28. The highest BCUT2D eigenvalue weighted by molar-refractivity contribution is 7.80. The lowest BCUT2D eigenvalue weighted by atomic mass is 10.1. The van der Waals surface area contributed by atoms with Crippen molar-refractivity contribution in [3.8, 4) is 0 Å². The van der Waals surface area contributed by atoms with Gasteiger partial charge in [-0.25, -0.2) is 4.79 Å². The number of nitrogen functional groups attached to an aromatic ring is 1. The van der Waals surface area contributed by atoms with Crippen molar-refractivity contribution < 1.29 is 9.90 Å². The minimum Gasteiger partial charge on any atom is -0.478 e. The monoisotopic (exact) mass is 183 g/mol. The maximum absolute atomic E-state index is 10.6. The third-order valence-corrected chi connectivity index (χ3v) is 1.99. The van der Waals surface area contributed by atoms with Gasteiger partial charge in [-0.15, -0.1) is 12.6 Å². The van der Waals surface area contributed by atoms with Gasteiger partial charge in [-0.2, -0.15) is 0 Å². The molecule has 0 amide bonds. The SMILES string of the molecule is Cc1cc(N)c(S)cc1C(=O)O. The fraction of sp³-hybridized carbons (Fsp3) is 0.125. The second-order valence-corrected chi connectivity index (χ2v) is 3.01. The summed E-state index contributed by atoms with van der Waals surface area (Å²) in [6, 6.07) is 3.06. The molecule has 64 valence electrons. The van der Waals surface area contributed by atoms with Gasteiger partial charge in [0.2, 0.25) is 0 Å². The van der Waals surface area contributed by atoms with Crippen LogP contribution >= 0.6 is 12.6 Å². The van der Waals surface area contributed by atoms with Gasteiger partial charge >= 0.3 is 5.97 Å². The second-order valence-electron chi connectivity index (χ2n) is 2.53. The van der Waals surface area contributed by atoms with E-state index in [2.05, 4.69) is 12.6 Å². The highest BCUT2D eigenvalue weighted by Gasteiger charge is 2.08. The van der Waals surface area contributed by atoms with Crippen molar-refractivity contribution >= 4 is 24.3 Å². The van der Waals surface area contributed by atoms with Gasteiger partial charge in [0.25, 0.3) is 0 Å². The van der Waals surface area contributed by atoms with Crippen molar-refractivity contribution in [1.82, 2.24) is 0 Å². The molecule has 0 saturated heterocycles. The lowest BCUT2D eigenvalue weighted by molar-refractivity contribution is 0.0696. The Hall–Kier alpha value is -1.16. The van der Waals surface area contributed by atoms with E-state index in [1.165, 1.54) is 6.07 Å². The van der Waals surface area contributed by atoms with Crippen LogP contribution in [-0.2, 0) is 0 Å². The van der Waals surface area contributed by atoms with Crippen LogP contribution in [0.25, 0.3) is 0 Å². The van der Waals surface area contributed by atoms with Crippen molar-refractivity contribution in [2.45, 2.75) is 11.8 Å². The van der Waals surface area contributed by atoms with E-state index >= 15 is 0 Å². The molecule has 4 heteroatoms. The first kappa shape index (κ1) is 8.93. The summed E-state index contributed by atoms with van der Waals surface area (Å²) >= 11 is 4.02. The van der Waals surface area contributed by atoms with Gasteiger partial charge in [0.15, 0.2) is 0 Å². The van der Waals surface area contributed by atoms with Gasteiger partial charge in [0, 0.05) is 10.6 Å². The number of anilines is 1. The maximum Gasteiger partial charge on any atom is 0.335 e. The van der Waals surface area contributed by atoms with Crippen LogP contribution in [0.15, 0.2) is 17.0 Å². The smallest absolute Gasteiger partial charge is 0.335 e. The lowest BCUT2D eigenvalue weighted by Crippen LogP contribution is -2.01. The molecule has 0 aromatic heterocycles. The fourth-order valence-electron chi connectivity index (χ4n) is 0.949. The Morgan fingerprint density at radius 2 is 2.17 bits per heavy atom. The van der Waals surface area contributed by atoms with Crippen LogP contribution in [0.5, 0.6) is 0 Å². The molecule has 0 unspecified atom stereocenters. The fourth-order valence-corrected chi connectivity index (χ4v) is 1.14. The number of aromatic carboxylic acids is 1. The van der Waals surface area contributed by atoms with E-state index < -0.39 is 5.97 Å². The van der Waals surface area contributed by atoms with Crippen molar-refractivity contribution in [3.63, 3.8) is 0 Å². The molecule has 0 aliphatic rings. The molecule has 0 fully saturated rings. The summed E-state index contributed by atoms with van der Waals surface area (Å²) in [6.07, 6.45) is 0. The van der Waals surface area contributed by atoms with E-state index in [1.54, 1.807) is 13.0 Å². The van der Waals surface area contributed by atoms with Crippen molar-refractivity contribution in [2.24, 2.45) is 0 Å². The van der Waals surface area contributed by atoms with Crippen LogP contribution < -0.4 is 5.73 Å². The number of nitrogens with two attached hydrogens (primary N) is 1. The predicted molar refractivity (Wildman–Crippen MR) is 49.8 cm³/mol. The van der Waals surface area contributed by atoms with Crippen molar-refractivity contribution in [1.29, 1.82) is 0 Å². The van der Waals surface area contributed by atoms with Gasteiger partial charge in [0.1, 0.15) is 0 Å². The van der Waals surface area contributed by atoms with Crippen LogP contribution in [0.4, 0.5) is 5.69 Å². The van der Waals surface area contributed by atoms with Gasteiger partial charge in [-0.1, -0.05) is 0 Å². The average molecular weight is 183 g/mol. The topological polar surface area (TPSA) is 63.3 Å². The highest BCUT2D eigenvalue weighted by atomic mass is 32.1. The van der Waals surface area contributed by atoms with Crippen molar-refractivity contribution in [2.75, 3.05) is 5.73 Å².